The van der Waals surface area contributed by atoms with Crippen LogP contribution >= 0.6 is 11.3 Å². The quantitative estimate of drug-likeness (QED) is 0.609. The average Bonchev–Trinajstić information content (AvgIpc) is 3.24. The fourth-order valence-corrected chi connectivity index (χ4v) is 4.90. The highest BCUT2D eigenvalue weighted by Crippen LogP contribution is 2.26. The number of aryl methyl sites for hydroxylation is 1. The van der Waals surface area contributed by atoms with E-state index in [0.29, 0.717) is 22.7 Å². The van der Waals surface area contributed by atoms with Crippen molar-refractivity contribution >= 4 is 38.6 Å². The molecule has 1 N–H and O–H groups in total. The predicted octanol–water partition coefficient (Wildman–Crippen LogP) is 4.04. The van der Waals surface area contributed by atoms with Gasteiger partial charge in [-0.15, -0.1) is 11.3 Å². The number of sulfonamides is 1. The zero-order valence-electron chi connectivity index (χ0n) is 15.8. The summed E-state index contributed by atoms with van der Waals surface area (Å²) in [5, 5.41) is 4.36. The average molecular weight is 435 g/mol. The van der Waals surface area contributed by atoms with E-state index < -0.39 is 10.0 Å². The summed E-state index contributed by atoms with van der Waals surface area (Å²) >= 11 is 1.15. The van der Waals surface area contributed by atoms with Crippen molar-refractivity contribution in [2.45, 2.75) is 11.1 Å². The first-order valence-electron chi connectivity index (χ1n) is 8.58. The number of rotatable bonds is 7. The molecule has 3 rings (SSSR count). The minimum atomic E-state index is -3.61. The maximum Gasteiger partial charge on any atom is 0.273 e. The predicted molar refractivity (Wildman–Crippen MR) is 112 cm³/mol. The van der Waals surface area contributed by atoms with Crippen LogP contribution in [0.2, 0.25) is 0 Å². The van der Waals surface area contributed by atoms with Crippen molar-refractivity contribution < 1.29 is 22.3 Å². The highest BCUT2D eigenvalue weighted by molar-refractivity contribution is 7.94. The smallest absolute Gasteiger partial charge is 0.273 e. The molecule has 0 atom stereocenters. The number of nitrogens with one attached hydrogen (secondary N) is 1. The molecule has 1 aromatic heterocycles. The molecule has 0 fully saturated rings. The van der Waals surface area contributed by atoms with Crippen LogP contribution in [0.3, 0.4) is 0 Å². The van der Waals surface area contributed by atoms with Crippen LogP contribution in [0.4, 0.5) is 15.8 Å². The molecule has 0 aliphatic heterocycles. The molecule has 9 heteroatoms. The van der Waals surface area contributed by atoms with Gasteiger partial charge in [0.1, 0.15) is 15.8 Å². The number of ether oxygens (including phenoxy) is 1. The SMILES string of the molecule is Cc1cc(F)ccc1NC(=O)COc1ccc(N(C)S(=O)(=O)c2cccs2)cc1. The van der Waals surface area contributed by atoms with Gasteiger partial charge in [-0.1, -0.05) is 6.07 Å². The lowest BCUT2D eigenvalue weighted by Gasteiger charge is -2.18. The van der Waals surface area contributed by atoms with Crippen molar-refractivity contribution in [2.24, 2.45) is 0 Å². The number of hydrogen-bond acceptors (Lipinski definition) is 5. The monoisotopic (exact) mass is 434 g/mol. The molecular weight excluding hydrogens is 415 g/mol. The van der Waals surface area contributed by atoms with Crippen molar-refractivity contribution in [1.82, 2.24) is 0 Å². The van der Waals surface area contributed by atoms with Gasteiger partial charge in [-0.25, -0.2) is 12.8 Å². The number of thiophene rings is 1. The minimum absolute atomic E-state index is 0.237. The number of halogens is 1. The van der Waals surface area contributed by atoms with Crippen LogP contribution in [0.15, 0.2) is 64.2 Å². The summed E-state index contributed by atoms with van der Waals surface area (Å²) < 4.78 is 45.1. The van der Waals surface area contributed by atoms with E-state index in [-0.39, 0.29) is 22.5 Å². The molecule has 0 spiro atoms. The Balaban J connectivity index is 1.60. The van der Waals surface area contributed by atoms with E-state index >= 15 is 0 Å². The Morgan fingerprint density at radius 1 is 1.17 bits per heavy atom. The Bertz CT molecular complexity index is 1100. The number of anilines is 2. The molecule has 6 nitrogen and oxygen atoms in total. The molecule has 0 saturated carbocycles. The van der Waals surface area contributed by atoms with Crippen LogP contribution < -0.4 is 14.4 Å². The lowest BCUT2D eigenvalue weighted by atomic mass is 10.2. The first-order chi connectivity index (χ1) is 13.8. The van der Waals surface area contributed by atoms with Crippen molar-refractivity contribution in [3.8, 4) is 5.75 Å². The first-order valence-corrected chi connectivity index (χ1v) is 10.9. The molecule has 0 aliphatic carbocycles. The summed E-state index contributed by atoms with van der Waals surface area (Å²) in [4.78, 5) is 12.0. The highest BCUT2D eigenvalue weighted by atomic mass is 32.2. The lowest BCUT2D eigenvalue weighted by molar-refractivity contribution is -0.118. The van der Waals surface area contributed by atoms with Gasteiger partial charge in [0.15, 0.2) is 6.61 Å². The van der Waals surface area contributed by atoms with Gasteiger partial charge in [-0.2, -0.15) is 0 Å². The van der Waals surface area contributed by atoms with Gasteiger partial charge in [-0.05, 0) is 66.4 Å². The zero-order valence-corrected chi connectivity index (χ0v) is 17.4. The van der Waals surface area contributed by atoms with Crippen LogP contribution in [0.25, 0.3) is 0 Å². The van der Waals surface area contributed by atoms with Gasteiger partial charge in [0.25, 0.3) is 15.9 Å². The van der Waals surface area contributed by atoms with Gasteiger partial charge in [0, 0.05) is 12.7 Å². The molecule has 0 radical (unpaired) electrons. The molecule has 1 heterocycles. The Morgan fingerprint density at radius 2 is 1.90 bits per heavy atom. The molecule has 3 aromatic rings. The van der Waals surface area contributed by atoms with Crippen LogP contribution in [-0.2, 0) is 14.8 Å². The first kappa shape index (κ1) is 20.8. The van der Waals surface area contributed by atoms with Crippen molar-refractivity contribution in [3.05, 3.63) is 71.4 Å². The zero-order chi connectivity index (χ0) is 21.0. The fourth-order valence-electron chi connectivity index (χ4n) is 2.54. The van der Waals surface area contributed by atoms with E-state index in [4.69, 9.17) is 4.74 Å². The third kappa shape index (κ3) is 4.93. The third-order valence-corrected chi connectivity index (χ3v) is 7.30. The molecule has 152 valence electrons. The van der Waals surface area contributed by atoms with E-state index in [9.17, 15) is 17.6 Å². The summed E-state index contributed by atoms with van der Waals surface area (Å²) in [6, 6.07) is 13.7. The standard InChI is InChI=1S/C20H19FN2O4S2/c1-14-12-15(21)5-10-18(14)22-19(24)13-27-17-8-6-16(7-9-17)23(2)29(25,26)20-4-3-11-28-20/h3-12H,13H2,1-2H3,(H,22,24). The van der Waals surface area contributed by atoms with Gasteiger partial charge in [0.2, 0.25) is 0 Å². The molecule has 0 aliphatic rings. The molecule has 29 heavy (non-hydrogen) atoms. The summed E-state index contributed by atoms with van der Waals surface area (Å²) in [6.45, 7) is 1.46. The second-order valence-electron chi connectivity index (χ2n) is 6.19. The second kappa shape index (κ2) is 8.62. The molecule has 0 saturated heterocycles. The number of benzene rings is 2. The Labute approximate surface area is 172 Å². The Hall–Kier alpha value is -2.91. The van der Waals surface area contributed by atoms with Crippen LogP contribution in [0, 0.1) is 12.7 Å². The normalized spacial score (nSPS) is 11.1. The Morgan fingerprint density at radius 3 is 2.52 bits per heavy atom. The van der Waals surface area contributed by atoms with Crippen LogP contribution in [0.1, 0.15) is 5.56 Å². The number of carbonyl (C=O) groups is 1. The minimum Gasteiger partial charge on any atom is -0.484 e. The topological polar surface area (TPSA) is 75.7 Å². The van der Waals surface area contributed by atoms with E-state index in [1.165, 1.54) is 29.6 Å². The summed E-state index contributed by atoms with van der Waals surface area (Å²) in [7, 11) is -2.13. The summed E-state index contributed by atoms with van der Waals surface area (Å²) in [6.07, 6.45) is 0. The maximum atomic E-state index is 13.1. The van der Waals surface area contributed by atoms with E-state index in [1.807, 2.05) is 0 Å². The maximum absolute atomic E-state index is 13.1. The number of nitrogens with zero attached hydrogens (tertiary/aromatic N) is 1. The van der Waals surface area contributed by atoms with Crippen LogP contribution in [0.5, 0.6) is 5.75 Å². The number of hydrogen-bond donors (Lipinski definition) is 1. The third-order valence-electron chi connectivity index (χ3n) is 4.14. The number of carbonyl (C=O) groups excluding carboxylic acids is 1. The fraction of sp³-hybridized carbons (Fsp3) is 0.150. The lowest BCUT2D eigenvalue weighted by Crippen LogP contribution is -2.25. The van der Waals surface area contributed by atoms with Gasteiger partial charge < -0.3 is 10.1 Å². The van der Waals surface area contributed by atoms with Gasteiger partial charge >= 0.3 is 0 Å². The van der Waals surface area contributed by atoms with Gasteiger partial charge in [-0.3, -0.25) is 9.10 Å². The van der Waals surface area contributed by atoms with Crippen molar-refractivity contribution in [3.63, 3.8) is 0 Å². The van der Waals surface area contributed by atoms with E-state index in [2.05, 4.69) is 5.32 Å². The Kier molecular flexibility index (Phi) is 6.19. The van der Waals surface area contributed by atoms with E-state index in [0.717, 1.165) is 11.3 Å². The van der Waals surface area contributed by atoms with Crippen LogP contribution in [-0.4, -0.2) is 28.0 Å². The molecule has 2 aromatic carbocycles. The molecule has 0 bridgehead atoms. The van der Waals surface area contributed by atoms with Gasteiger partial charge in [0.05, 0.1) is 5.69 Å². The summed E-state index contributed by atoms with van der Waals surface area (Å²) in [5.74, 6) is -0.342. The second-order valence-corrected chi connectivity index (χ2v) is 9.34. The van der Waals surface area contributed by atoms with Crippen molar-refractivity contribution in [2.75, 3.05) is 23.3 Å². The molecule has 1 amide bonds. The summed E-state index contributed by atoms with van der Waals surface area (Å²) in [5.41, 5.74) is 1.59. The molecular formula is C20H19FN2O4S2. The van der Waals surface area contributed by atoms with Crippen molar-refractivity contribution in [1.29, 1.82) is 0 Å². The van der Waals surface area contributed by atoms with E-state index in [1.54, 1.807) is 48.7 Å². The largest absolute Gasteiger partial charge is 0.484 e. The molecule has 0 unspecified atom stereocenters. The highest BCUT2D eigenvalue weighted by Gasteiger charge is 2.22. The number of amides is 1.